The van der Waals surface area contributed by atoms with Crippen LogP contribution in [0.25, 0.3) is 10.2 Å². The molecule has 0 saturated carbocycles. The fourth-order valence-corrected chi connectivity index (χ4v) is 5.58. The largest absolute Gasteiger partial charge is 0.487 e. The Morgan fingerprint density at radius 2 is 1.80 bits per heavy atom. The molecular formula is C31H20ClFN4O3S. The Labute approximate surface area is 243 Å². The standard InChI is InChI=1S/C31H20ClFN4O3S/c1-18(37-30(38)23-7-2-3-8-24(23)31(37)39)9-11-22-15-26-28(41-22)29(35-17-34-26)36-21-10-12-27(25(32)14-21)40-16-19-5-4-6-20(33)13-19/h2-8,10,12-15,17-18H,16H2,1H3,(H,34,35,36). The highest BCUT2D eigenvalue weighted by Gasteiger charge is 2.37. The molecule has 3 heterocycles. The van der Waals surface area contributed by atoms with E-state index >= 15 is 0 Å². The van der Waals surface area contributed by atoms with Gasteiger partial charge in [-0.05, 0) is 61.0 Å². The molecule has 7 nitrogen and oxygen atoms in total. The highest BCUT2D eigenvalue weighted by atomic mass is 35.5. The van der Waals surface area contributed by atoms with Gasteiger partial charge in [0.1, 0.15) is 24.5 Å². The second-order valence-corrected chi connectivity index (χ2v) is 10.7. The van der Waals surface area contributed by atoms with Crippen LogP contribution in [0.2, 0.25) is 5.02 Å². The van der Waals surface area contributed by atoms with Crippen molar-refractivity contribution in [2.45, 2.75) is 19.6 Å². The van der Waals surface area contributed by atoms with Crippen molar-refractivity contribution >= 4 is 56.5 Å². The first kappa shape index (κ1) is 26.4. The number of nitrogens with one attached hydrogen (secondary N) is 1. The molecule has 0 saturated heterocycles. The second kappa shape index (κ2) is 11.0. The fraction of sp³-hybridized carbons (Fsp3) is 0.0968. The SMILES string of the molecule is CC(C#Cc1cc2ncnc(Nc3ccc(OCc4cccc(F)c4)c(Cl)c3)c2s1)N1C(=O)c2ccccc2C1=O. The van der Waals surface area contributed by atoms with Gasteiger partial charge in [-0.3, -0.25) is 14.5 Å². The lowest BCUT2D eigenvalue weighted by molar-refractivity contribution is 0.0630. The van der Waals surface area contributed by atoms with Crippen molar-refractivity contribution in [1.82, 2.24) is 14.9 Å². The number of hydrogen-bond acceptors (Lipinski definition) is 7. The summed E-state index contributed by atoms with van der Waals surface area (Å²) in [6.07, 6.45) is 1.45. The molecule has 6 rings (SSSR count). The molecule has 1 unspecified atom stereocenters. The van der Waals surface area contributed by atoms with Gasteiger partial charge in [-0.2, -0.15) is 0 Å². The van der Waals surface area contributed by atoms with Gasteiger partial charge in [-0.1, -0.05) is 47.7 Å². The predicted molar refractivity (Wildman–Crippen MR) is 156 cm³/mol. The molecule has 0 aliphatic carbocycles. The number of benzene rings is 3. The van der Waals surface area contributed by atoms with Crippen LogP contribution in [0.1, 0.15) is 38.1 Å². The average molecular weight is 583 g/mol. The first-order valence-electron chi connectivity index (χ1n) is 12.5. The summed E-state index contributed by atoms with van der Waals surface area (Å²) in [5.41, 5.74) is 2.87. The van der Waals surface area contributed by atoms with Crippen molar-refractivity contribution in [3.63, 3.8) is 0 Å². The maximum absolute atomic E-state index is 13.4. The number of ether oxygens (including phenoxy) is 1. The molecule has 0 radical (unpaired) electrons. The van der Waals surface area contributed by atoms with Crippen LogP contribution in [0, 0.1) is 17.7 Å². The Morgan fingerprint density at radius 1 is 1.02 bits per heavy atom. The zero-order valence-electron chi connectivity index (χ0n) is 21.5. The van der Waals surface area contributed by atoms with Gasteiger partial charge >= 0.3 is 0 Å². The van der Waals surface area contributed by atoms with Gasteiger partial charge in [-0.25, -0.2) is 14.4 Å². The summed E-state index contributed by atoms with van der Waals surface area (Å²) < 4.78 is 20.0. The summed E-state index contributed by atoms with van der Waals surface area (Å²) in [5.74, 6) is 6.15. The number of aromatic nitrogens is 2. The topological polar surface area (TPSA) is 84.4 Å². The van der Waals surface area contributed by atoms with E-state index < -0.39 is 6.04 Å². The smallest absolute Gasteiger partial charge is 0.262 e. The quantitative estimate of drug-likeness (QED) is 0.174. The minimum Gasteiger partial charge on any atom is -0.487 e. The molecule has 0 fully saturated rings. The number of rotatable bonds is 6. The summed E-state index contributed by atoms with van der Waals surface area (Å²) in [6.45, 7) is 1.91. The number of fused-ring (bicyclic) bond motifs is 2. The van der Waals surface area contributed by atoms with Crippen LogP contribution in [0.3, 0.4) is 0 Å². The molecule has 3 aromatic carbocycles. The van der Waals surface area contributed by atoms with Gasteiger partial charge in [-0.15, -0.1) is 11.3 Å². The minimum atomic E-state index is -0.611. The van der Waals surface area contributed by atoms with Crippen molar-refractivity contribution in [2.75, 3.05) is 5.32 Å². The summed E-state index contributed by atoms with van der Waals surface area (Å²) in [6, 6.07) is 19.4. The number of nitrogens with zero attached hydrogens (tertiary/aromatic N) is 3. The maximum atomic E-state index is 13.4. The van der Waals surface area contributed by atoms with E-state index in [4.69, 9.17) is 16.3 Å². The molecule has 1 N–H and O–H groups in total. The molecule has 1 aliphatic heterocycles. The van der Waals surface area contributed by atoms with E-state index in [0.29, 0.717) is 49.4 Å². The monoisotopic (exact) mass is 582 g/mol. The number of halogens is 2. The van der Waals surface area contributed by atoms with Crippen LogP contribution >= 0.6 is 22.9 Å². The number of imide groups is 1. The Kier molecular flexibility index (Phi) is 7.10. The van der Waals surface area contributed by atoms with Crippen LogP contribution in [0.4, 0.5) is 15.9 Å². The van der Waals surface area contributed by atoms with Gasteiger partial charge in [0.05, 0.1) is 37.3 Å². The second-order valence-electron chi connectivity index (χ2n) is 9.21. The van der Waals surface area contributed by atoms with E-state index in [1.54, 1.807) is 61.5 Å². The van der Waals surface area contributed by atoms with Crippen molar-refractivity contribution in [3.8, 4) is 17.6 Å². The number of anilines is 2. The zero-order valence-corrected chi connectivity index (χ0v) is 23.1. The Balaban J connectivity index is 1.17. The van der Waals surface area contributed by atoms with E-state index in [0.717, 1.165) is 4.70 Å². The normalized spacial score (nSPS) is 13.1. The first-order valence-corrected chi connectivity index (χ1v) is 13.7. The van der Waals surface area contributed by atoms with Crippen LogP contribution < -0.4 is 10.1 Å². The van der Waals surface area contributed by atoms with Crippen molar-refractivity contribution in [2.24, 2.45) is 0 Å². The Hall–Kier alpha value is -4.78. The van der Waals surface area contributed by atoms with E-state index in [1.807, 2.05) is 6.07 Å². The molecular weight excluding hydrogens is 563 g/mol. The third kappa shape index (κ3) is 5.35. The summed E-state index contributed by atoms with van der Waals surface area (Å²) in [5, 5.41) is 3.65. The van der Waals surface area contributed by atoms with Crippen LogP contribution in [-0.4, -0.2) is 32.7 Å². The lowest BCUT2D eigenvalue weighted by Gasteiger charge is -2.17. The molecule has 41 heavy (non-hydrogen) atoms. The van der Waals surface area contributed by atoms with Crippen molar-refractivity contribution < 1.29 is 18.7 Å². The molecule has 2 amide bonds. The maximum Gasteiger partial charge on any atom is 0.262 e. The van der Waals surface area contributed by atoms with Gasteiger partial charge in [0, 0.05) is 5.69 Å². The number of carbonyl (C=O) groups is 2. The summed E-state index contributed by atoms with van der Waals surface area (Å²) >= 11 is 7.84. The number of thiophene rings is 1. The van der Waals surface area contributed by atoms with E-state index in [2.05, 4.69) is 27.1 Å². The molecule has 2 aromatic heterocycles. The van der Waals surface area contributed by atoms with Gasteiger partial charge < -0.3 is 10.1 Å². The molecule has 0 spiro atoms. The van der Waals surface area contributed by atoms with Crippen LogP contribution in [-0.2, 0) is 6.61 Å². The van der Waals surface area contributed by atoms with Crippen molar-refractivity contribution in [3.05, 3.63) is 112 Å². The van der Waals surface area contributed by atoms with Crippen LogP contribution in [0.15, 0.2) is 79.1 Å². The number of amides is 2. The van der Waals surface area contributed by atoms with Gasteiger partial charge in [0.2, 0.25) is 0 Å². The molecule has 5 aromatic rings. The average Bonchev–Trinajstić information content (AvgIpc) is 3.50. The van der Waals surface area contributed by atoms with Gasteiger partial charge in [0.25, 0.3) is 11.8 Å². The molecule has 0 bridgehead atoms. The minimum absolute atomic E-state index is 0.182. The third-order valence-electron chi connectivity index (χ3n) is 6.41. The fourth-order valence-electron chi connectivity index (χ4n) is 4.42. The Morgan fingerprint density at radius 3 is 2.54 bits per heavy atom. The molecule has 1 aliphatic rings. The number of hydrogen-bond donors (Lipinski definition) is 1. The lowest BCUT2D eigenvalue weighted by Crippen LogP contribution is -2.37. The Bertz CT molecular complexity index is 1860. The van der Waals surface area contributed by atoms with Gasteiger partial charge in [0.15, 0.2) is 5.82 Å². The molecule has 1 atom stereocenters. The highest BCUT2D eigenvalue weighted by Crippen LogP contribution is 2.33. The number of carbonyl (C=O) groups excluding carboxylic acids is 2. The third-order valence-corrected chi connectivity index (χ3v) is 7.75. The highest BCUT2D eigenvalue weighted by molar-refractivity contribution is 7.20. The molecule has 10 heteroatoms. The molecule has 202 valence electrons. The zero-order chi connectivity index (χ0) is 28.5. The van der Waals surface area contributed by atoms with E-state index in [1.165, 1.54) is 34.7 Å². The summed E-state index contributed by atoms with van der Waals surface area (Å²) in [7, 11) is 0. The van der Waals surface area contributed by atoms with E-state index in [9.17, 15) is 14.0 Å². The predicted octanol–water partition coefficient (Wildman–Crippen LogP) is 6.84. The van der Waals surface area contributed by atoms with Crippen LogP contribution in [0.5, 0.6) is 5.75 Å². The first-order chi connectivity index (χ1) is 19.9. The van der Waals surface area contributed by atoms with E-state index in [-0.39, 0.29) is 24.2 Å². The lowest BCUT2D eigenvalue weighted by atomic mass is 10.1. The summed E-state index contributed by atoms with van der Waals surface area (Å²) in [4.78, 5) is 36.2. The van der Waals surface area contributed by atoms with Crippen molar-refractivity contribution in [1.29, 1.82) is 0 Å².